The lowest BCUT2D eigenvalue weighted by Gasteiger charge is -2.45. The van der Waals surface area contributed by atoms with E-state index in [4.69, 9.17) is 9.47 Å². The van der Waals surface area contributed by atoms with Crippen molar-refractivity contribution >= 4 is 29.0 Å². The van der Waals surface area contributed by atoms with Crippen LogP contribution in [-0.2, 0) is 23.2 Å². The van der Waals surface area contributed by atoms with Crippen molar-refractivity contribution in [1.82, 2.24) is 19.4 Å². The molecule has 2 aliphatic heterocycles. The summed E-state index contributed by atoms with van der Waals surface area (Å²) < 4.78 is 27.9. The van der Waals surface area contributed by atoms with Crippen LogP contribution in [0.4, 0.5) is 21.6 Å². The van der Waals surface area contributed by atoms with Gasteiger partial charge in [0.15, 0.2) is 0 Å². The van der Waals surface area contributed by atoms with Crippen molar-refractivity contribution in [3.8, 4) is 22.9 Å². The summed E-state index contributed by atoms with van der Waals surface area (Å²) in [4.78, 5) is 52.6. The molecule has 4 aromatic rings. The summed E-state index contributed by atoms with van der Waals surface area (Å²) in [6, 6.07) is 12.1. The Labute approximate surface area is 312 Å². The maximum Gasteiger partial charge on any atom is 0.313 e. The molecule has 14 heteroatoms. The molecule has 3 aliphatic rings. The molecule has 4 heterocycles. The first kappa shape index (κ1) is 36.9. The smallest absolute Gasteiger partial charge is 0.313 e. The van der Waals surface area contributed by atoms with Crippen molar-refractivity contribution in [2.45, 2.75) is 57.2 Å². The number of nitrogens with zero attached hydrogens (tertiary/aromatic N) is 5. The van der Waals surface area contributed by atoms with Crippen molar-refractivity contribution < 1.29 is 28.6 Å². The van der Waals surface area contributed by atoms with Crippen molar-refractivity contribution in [2.75, 3.05) is 48.4 Å². The second kappa shape index (κ2) is 15.9. The van der Waals surface area contributed by atoms with Gasteiger partial charge in [-0.15, -0.1) is 0 Å². The van der Waals surface area contributed by atoms with Crippen molar-refractivity contribution in [2.24, 2.45) is 7.05 Å². The van der Waals surface area contributed by atoms with Gasteiger partial charge in [0, 0.05) is 81.6 Å². The maximum atomic E-state index is 14.9. The van der Waals surface area contributed by atoms with E-state index in [2.05, 4.69) is 43.9 Å². The highest BCUT2D eigenvalue weighted by molar-refractivity contribution is 6.04. The monoisotopic (exact) mass is 737 g/mol. The second-order valence-electron chi connectivity index (χ2n) is 14.0. The zero-order valence-electron chi connectivity index (χ0n) is 30.4. The second-order valence-corrected chi connectivity index (χ2v) is 14.0. The van der Waals surface area contributed by atoms with E-state index in [-0.39, 0.29) is 40.3 Å². The number of amides is 2. The molecule has 0 unspecified atom stereocenters. The molecular formula is C40H44FN7O6. The Morgan fingerprint density at radius 1 is 1.09 bits per heavy atom. The topological polar surface area (TPSA) is 151 Å². The lowest BCUT2D eigenvalue weighted by Crippen LogP contribution is -2.56. The van der Waals surface area contributed by atoms with Crippen LogP contribution in [0.2, 0.25) is 0 Å². The van der Waals surface area contributed by atoms with Gasteiger partial charge in [0.05, 0.1) is 29.2 Å². The van der Waals surface area contributed by atoms with Gasteiger partial charge in [-0.2, -0.15) is 0 Å². The van der Waals surface area contributed by atoms with Gasteiger partial charge < -0.3 is 34.7 Å². The fourth-order valence-electron chi connectivity index (χ4n) is 7.29. The van der Waals surface area contributed by atoms with Gasteiger partial charge >= 0.3 is 5.56 Å². The molecule has 1 atom stereocenters. The van der Waals surface area contributed by atoms with Crippen LogP contribution in [0.3, 0.4) is 0 Å². The molecule has 2 aromatic heterocycles. The summed E-state index contributed by atoms with van der Waals surface area (Å²) in [6.45, 7) is 9.27. The normalized spacial score (nSPS) is 17.9. The summed E-state index contributed by atoms with van der Waals surface area (Å²) in [5, 5.41) is 16.0. The van der Waals surface area contributed by atoms with Gasteiger partial charge in [-0.3, -0.25) is 19.3 Å². The Hall–Kier alpha value is -5.44. The van der Waals surface area contributed by atoms with Gasteiger partial charge in [0.1, 0.15) is 17.4 Å². The number of aliphatic hydroxyl groups excluding tert-OH is 1. The van der Waals surface area contributed by atoms with E-state index in [9.17, 15) is 23.9 Å². The van der Waals surface area contributed by atoms with Crippen LogP contribution in [0, 0.1) is 5.82 Å². The molecule has 0 spiro atoms. The highest BCUT2D eigenvalue weighted by Crippen LogP contribution is 2.40. The number of rotatable bonds is 11. The summed E-state index contributed by atoms with van der Waals surface area (Å²) in [5.41, 5.74) is 2.32. The number of aliphatic hydroxyl groups is 1. The molecule has 0 radical (unpaired) electrons. The predicted molar refractivity (Wildman–Crippen MR) is 203 cm³/mol. The van der Waals surface area contributed by atoms with E-state index >= 15 is 0 Å². The average Bonchev–Trinajstić information content (AvgIpc) is 4.03. The van der Waals surface area contributed by atoms with Gasteiger partial charge in [0.25, 0.3) is 11.8 Å². The molecule has 3 N–H and O–H groups in total. The summed E-state index contributed by atoms with van der Waals surface area (Å²) >= 11 is 0. The first-order chi connectivity index (χ1) is 26.1. The van der Waals surface area contributed by atoms with Gasteiger partial charge in [-0.05, 0) is 80.5 Å². The Bertz CT molecular complexity index is 2130. The Balaban J connectivity index is 1.14. The van der Waals surface area contributed by atoms with Crippen LogP contribution in [0.5, 0.6) is 11.6 Å². The molecule has 13 nitrogen and oxygen atoms in total. The maximum absolute atomic E-state index is 14.9. The van der Waals surface area contributed by atoms with E-state index in [1.807, 2.05) is 6.07 Å². The molecule has 1 saturated carbocycles. The number of aryl methyl sites for hydroxylation is 1. The standard InChI is InChI=1S/C40H44FN7O6/c1-4-36(50)43-33-20-28(8-10-35(33)48-16-15-47(21-24(48)2)27-12-17-53-18-13-27)54-39-40(52)46(3)22-34(44-39)29-11-14-42-37(31(29)23-49)45-38(51)30-9-7-26(19-32(30)41)25-5-6-25/h4,7-11,14,19-20,22,24-25,27,49H,1,5-6,12-13,15-18,21,23H2,2-3H3,(H,43,50)(H,42,45,51)/t24-/m0/s1. The van der Waals surface area contributed by atoms with E-state index < -0.39 is 29.8 Å². The number of benzene rings is 2. The fraction of sp³-hybridized carbons (Fsp3) is 0.375. The number of carbonyl (C=O) groups excluding carboxylic acids is 2. The largest absolute Gasteiger partial charge is 0.435 e. The summed E-state index contributed by atoms with van der Waals surface area (Å²) in [6.07, 6.45) is 8.13. The first-order valence-electron chi connectivity index (χ1n) is 18.2. The number of pyridine rings is 1. The molecule has 1 aliphatic carbocycles. The highest BCUT2D eigenvalue weighted by atomic mass is 19.1. The number of ether oxygens (including phenoxy) is 2. The number of hydrogen-bond acceptors (Lipinski definition) is 10. The molecule has 7 rings (SSSR count). The first-order valence-corrected chi connectivity index (χ1v) is 18.2. The number of halogens is 1. The molecule has 2 saturated heterocycles. The fourth-order valence-corrected chi connectivity index (χ4v) is 7.29. The SMILES string of the molecule is C=CC(=O)Nc1cc(Oc2nc(-c3ccnc(NC(=O)c4ccc(C5CC5)cc4F)c3CO)cn(C)c2=O)ccc1N1CCN(C2CCOCC2)C[C@@H]1C. The van der Waals surface area contributed by atoms with Gasteiger partial charge in [-0.25, -0.2) is 14.4 Å². The molecule has 54 heavy (non-hydrogen) atoms. The molecule has 282 valence electrons. The number of anilines is 3. The van der Waals surface area contributed by atoms with Crippen LogP contribution >= 0.6 is 0 Å². The lowest BCUT2D eigenvalue weighted by molar-refractivity contribution is -0.111. The third-order valence-corrected chi connectivity index (χ3v) is 10.4. The van der Waals surface area contributed by atoms with Crippen LogP contribution in [0.25, 0.3) is 11.3 Å². The highest BCUT2D eigenvalue weighted by Gasteiger charge is 2.31. The van der Waals surface area contributed by atoms with Crippen LogP contribution in [-0.4, -0.2) is 81.3 Å². The zero-order valence-corrected chi connectivity index (χ0v) is 30.4. The average molecular weight is 738 g/mol. The van der Waals surface area contributed by atoms with E-state index in [0.717, 1.165) is 69.8 Å². The van der Waals surface area contributed by atoms with Crippen molar-refractivity contribution in [3.63, 3.8) is 0 Å². The third kappa shape index (κ3) is 7.91. The third-order valence-electron chi connectivity index (χ3n) is 10.4. The minimum Gasteiger partial charge on any atom is -0.435 e. The molecule has 2 aromatic carbocycles. The summed E-state index contributed by atoms with van der Waals surface area (Å²) in [7, 11) is 1.54. The van der Waals surface area contributed by atoms with Crippen molar-refractivity contribution in [3.05, 3.63) is 100 Å². The molecular weight excluding hydrogens is 693 g/mol. The molecule has 3 fully saturated rings. The van der Waals surface area contributed by atoms with Crippen molar-refractivity contribution in [1.29, 1.82) is 0 Å². The van der Waals surface area contributed by atoms with E-state index in [1.54, 1.807) is 24.3 Å². The van der Waals surface area contributed by atoms with Gasteiger partial charge in [0.2, 0.25) is 5.91 Å². The number of piperazine rings is 1. The number of nitrogens with one attached hydrogen (secondary N) is 2. The number of hydrogen-bond donors (Lipinski definition) is 3. The Morgan fingerprint density at radius 3 is 2.59 bits per heavy atom. The van der Waals surface area contributed by atoms with Crippen LogP contribution in [0.1, 0.15) is 60.0 Å². The van der Waals surface area contributed by atoms with Crippen LogP contribution in [0.15, 0.2) is 72.3 Å². The number of aromatic nitrogens is 3. The molecule has 0 bridgehead atoms. The number of carbonyl (C=O) groups is 2. The summed E-state index contributed by atoms with van der Waals surface area (Å²) in [5.74, 6) is -1.40. The van der Waals surface area contributed by atoms with Gasteiger partial charge in [-0.1, -0.05) is 12.6 Å². The van der Waals surface area contributed by atoms with E-state index in [0.29, 0.717) is 23.2 Å². The predicted octanol–water partition coefficient (Wildman–Crippen LogP) is 5.21. The zero-order chi connectivity index (χ0) is 37.9. The Morgan fingerprint density at radius 2 is 1.89 bits per heavy atom. The molecule has 2 amide bonds. The minimum absolute atomic E-state index is 0.0183. The van der Waals surface area contributed by atoms with E-state index in [1.165, 1.54) is 42.2 Å². The lowest BCUT2D eigenvalue weighted by atomic mass is 10.0. The quantitative estimate of drug-likeness (QED) is 0.175. The Kier molecular flexibility index (Phi) is 10.9. The van der Waals surface area contributed by atoms with Crippen LogP contribution < -0.4 is 25.8 Å². The minimum atomic E-state index is -0.718.